The lowest BCUT2D eigenvalue weighted by atomic mass is 10.1. The van der Waals surface area contributed by atoms with E-state index in [1.165, 1.54) is 0 Å². The molecule has 2 heterocycles. The van der Waals surface area contributed by atoms with Gasteiger partial charge in [-0.3, -0.25) is 4.79 Å². The normalized spacial score (nSPS) is 17.0. The van der Waals surface area contributed by atoms with Gasteiger partial charge < -0.3 is 24.5 Å². The number of rotatable bonds is 7. The van der Waals surface area contributed by atoms with Crippen molar-refractivity contribution >= 4 is 5.91 Å². The average molecular weight is 296 g/mol. The van der Waals surface area contributed by atoms with Crippen LogP contribution in [0.15, 0.2) is 16.5 Å². The Balaban J connectivity index is 1.62. The highest BCUT2D eigenvalue weighted by Gasteiger charge is 2.16. The standard InChI is InChI=1S/C15H24N2O4/c1-20-11-13-3-4-14(21-13)15(19)16-7-2-8-17-9-5-12(18)6-10-17/h3-4,12,18H,2,5-11H2,1H3,(H,16,19). The van der Waals surface area contributed by atoms with E-state index in [1.807, 2.05) is 0 Å². The molecule has 1 aliphatic rings. The first-order valence-corrected chi connectivity index (χ1v) is 7.45. The summed E-state index contributed by atoms with van der Waals surface area (Å²) in [5.74, 6) is 0.782. The summed E-state index contributed by atoms with van der Waals surface area (Å²) in [6, 6.07) is 3.41. The van der Waals surface area contributed by atoms with Crippen LogP contribution in [-0.4, -0.2) is 55.3 Å². The molecule has 0 atom stereocenters. The molecule has 0 aliphatic carbocycles. The number of aliphatic hydroxyl groups excluding tert-OH is 1. The van der Waals surface area contributed by atoms with Gasteiger partial charge in [0.15, 0.2) is 5.76 Å². The molecule has 1 saturated heterocycles. The summed E-state index contributed by atoms with van der Waals surface area (Å²) >= 11 is 0. The van der Waals surface area contributed by atoms with Crippen LogP contribution >= 0.6 is 0 Å². The van der Waals surface area contributed by atoms with E-state index in [1.54, 1.807) is 19.2 Å². The van der Waals surface area contributed by atoms with Gasteiger partial charge in [-0.05, 0) is 37.9 Å². The summed E-state index contributed by atoms with van der Waals surface area (Å²) in [6.07, 6.45) is 2.46. The highest BCUT2D eigenvalue weighted by Crippen LogP contribution is 2.10. The maximum atomic E-state index is 11.9. The number of piperidine rings is 1. The molecule has 1 aromatic rings. The minimum Gasteiger partial charge on any atom is -0.453 e. The Bertz CT molecular complexity index is 439. The number of nitrogens with zero attached hydrogens (tertiary/aromatic N) is 1. The van der Waals surface area contributed by atoms with Crippen LogP contribution in [0.3, 0.4) is 0 Å². The molecule has 21 heavy (non-hydrogen) atoms. The van der Waals surface area contributed by atoms with Gasteiger partial charge in [0.05, 0.1) is 6.10 Å². The van der Waals surface area contributed by atoms with E-state index in [9.17, 15) is 9.90 Å². The predicted molar refractivity (Wildman–Crippen MR) is 78.1 cm³/mol. The SMILES string of the molecule is COCc1ccc(C(=O)NCCCN2CCC(O)CC2)o1. The maximum absolute atomic E-state index is 11.9. The third kappa shape index (κ3) is 5.15. The minimum absolute atomic E-state index is 0.138. The van der Waals surface area contributed by atoms with Gasteiger partial charge in [0.2, 0.25) is 0 Å². The fraction of sp³-hybridized carbons (Fsp3) is 0.667. The Morgan fingerprint density at radius 3 is 2.95 bits per heavy atom. The molecule has 0 bridgehead atoms. The number of ether oxygens (including phenoxy) is 1. The zero-order chi connectivity index (χ0) is 15.1. The van der Waals surface area contributed by atoms with Crippen LogP contribution in [0.5, 0.6) is 0 Å². The number of likely N-dealkylation sites (tertiary alicyclic amines) is 1. The number of nitrogens with one attached hydrogen (secondary N) is 1. The van der Waals surface area contributed by atoms with E-state index in [2.05, 4.69) is 10.2 Å². The molecule has 1 aromatic heterocycles. The fourth-order valence-electron chi connectivity index (χ4n) is 2.45. The van der Waals surface area contributed by atoms with Gasteiger partial charge in [-0.2, -0.15) is 0 Å². The van der Waals surface area contributed by atoms with Crippen molar-refractivity contribution in [2.45, 2.75) is 32.0 Å². The second-order valence-corrected chi connectivity index (χ2v) is 5.38. The van der Waals surface area contributed by atoms with Crippen molar-refractivity contribution in [2.24, 2.45) is 0 Å². The van der Waals surface area contributed by atoms with Crippen molar-refractivity contribution < 1.29 is 19.1 Å². The van der Waals surface area contributed by atoms with Gasteiger partial charge in [-0.1, -0.05) is 0 Å². The molecule has 6 heteroatoms. The first kappa shape index (κ1) is 16.0. The first-order chi connectivity index (χ1) is 10.2. The highest BCUT2D eigenvalue weighted by atomic mass is 16.5. The van der Waals surface area contributed by atoms with Gasteiger partial charge in [0.1, 0.15) is 12.4 Å². The number of furan rings is 1. The second-order valence-electron chi connectivity index (χ2n) is 5.38. The molecule has 0 unspecified atom stereocenters. The lowest BCUT2D eigenvalue weighted by molar-refractivity contribution is 0.0814. The molecule has 2 rings (SSSR count). The summed E-state index contributed by atoms with van der Waals surface area (Å²) in [7, 11) is 1.59. The number of hydrogen-bond acceptors (Lipinski definition) is 5. The molecule has 0 aromatic carbocycles. The van der Waals surface area contributed by atoms with Gasteiger partial charge >= 0.3 is 0 Å². The molecule has 0 radical (unpaired) electrons. The van der Waals surface area contributed by atoms with E-state index < -0.39 is 0 Å². The summed E-state index contributed by atoms with van der Waals surface area (Å²) in [6.45, 7) is 3.81. The minimum atomic E-state index is -0.189. The Morgan fingerprint density at radius 2 is 2.24 bits per heavy atom. The largest absolute Gasteiger partial charge is 0.453 e. The smallest absolute Gasteiger partial charge is 0.286 e. The van der Waals surface area contributed by atoms with Crippen molar-refractivity contribution in [3.8, 4) is 0 Å². The number of carbonyl (C=O) groups is 1. The monoisotopic (exact) mass is 296 g/mol. The van der Waals surface area contributed by atoms with E-state index >= 15 is 0 Å². The summed E-state index contributed by atoms with van der Waals surface area (Å²) in [5, 5.41) is 12.3. The molecule has 6 nitrogen and oxygen atoms in total. The Morgan fingerprint density at radius 1 is 1.48 bits per heavy atom. The number of hydrogen-bond donors (Lipinski definition) is 2. The van der Waals surface area contributed by atoms with Crippen LogP contribution in [0.2, 0.25) is 0 Å². The first-order valence-electron chi connectivity index (χ1n) is 7.45. The zero-order valence-electron chi connectivity index (χ0n) is 12.5. The zero-order valence-corrected chi connectivity index (χ0v) is 12.5. The third-order valence-corrected chi connectivity index (χ3v) is 3.67. The van der Waals surface area contributed by atoms with Gasteiger partial charge in [0, 0.05) is 26.7 Å². The van der Waals surface area contributed by atoms with Crippen molar-refractivity contribution in [1.29, 1.82) is 0 Å². The Labute approximate surface area is 125 Å². The van der Waals surface area contributed by atoms with Crippen molar-refractivity contribution in [1.82, 2.24) is 10.2 Å². The van der Waals surface area contributed by atoms with Crippen LogP contribution in [0, 0.1) is 0 Å². The van der Waals surface area contributed by atoms with Gasteiger partial charge in [-0.15, -0.1) is 0 Å². The molecule has 0 saturated carbocycles. The average Bonchev–Trinajstić information content (AvgIpc) is 2.94. The van der Waals surface area contributed by atoms with E-state index in [0.717, 1.165) is 38.9 Å². The predicted octanol–water partition coefficient (Wildman–Crippen LogP) is 1.00. The topological polar surface area (TPSA) is 74.9 Å². The molecular formula is C15H24N2O4. The number of carbonyl (C=O) groups excluding carboxylic acids is 1. The summed E-state index contributed by atoms with van der Waals surface area (Å²) < 4.78 is 10.3. The van der Waals surface area contributed by atoms with Crippen molar-refractivity contribution in [2.75, 3.05) is 33.3 Å². The fourth-order valence-corrected chi connectivity index (χ4v) is 2.45. The molecule has 0 spiro atoms. The molecule has 118 valence electrons. The number of methoxy groups -OCH3 is 1. The maximum Gasteiger partial charge on any atom is 0.286 e. The lowest BCUT2D eigenvalue weighted by Crippen LogP contribution is -2.37. The van der Waals surface area contributed by atoms with Crippen LogP contribution in [0.4, 0.5) is 0 Å². The highest BCUT2D eigenvalue weighted by molar-refractivity contribution is 5.91. The third-order valence-electron chi connectivity index (χ3n) is 3.67. The number of aliphatic hydroxyl groups is 1. The second kappa shape index (κ2) is 8.17. The van der Waals surface area contributed by atoms with E-state index in [4.69, 9.17) is 9.15 Å². The Kier molecular flexibility index (Phi) is 6.22. The summed E-state index contributed by atoms with van der Waals surface area (Å²) in [4.78, 5) is 14.2. The molecule has 1 aliphatic heterocycles. The van der Waals surface area contributed by atoms with Crippen LogP contribution in [0.25, 0.3) is 0 Å². The van der Waals surface area contributed by atoms with Gasteiger partial charge in [0.25, 0.3) is 5.91 Å². The quantitative estimate of drug-likeness (QED) is 0.734. The van der Waals surface area contributed by atoms with E-state index in [-0.39, 0.29) is 12.0 Å². The van der Waals surface area contributed by atoms with Gasteiger partial charge in [-0.25, -0.2) is 0 Å². The van der Waals surface area contributed by atoms with E-state index in [0.29, 0.717) is 24.7 Å². The number of amides is 1. The lowest BCUT2D eigenvalue weighted by Gasteiger charge is -2.29. The molecule has 1 fully saturated rings. The van der Waals surface area contributed by atoms with Crippen molar-refractivity contribution in [3.05, 3.63) is 23.7 Å². The van der Waals surface area contributed by atoms with Crippen molar-refractivity contribution in [3.63, 3.8) is 0 Å². The van der Waals surface area contributed by atoms with Crippen LogP contribution in [-0.2, 0) is 11.3 Å². The summed E-state index contributed by atoms with van der Waals surface area (Å²) in [5.41, 5.74) is 0. The van der Waals surface area contributed by atoms with Crippen LogP contribution < -0.4 is 5.32 Å². The van der Waals surface area contributed by atoms with Crippen LogP contribution in [0.1, 0.15) is 35.6 Å². The molecule has 2 N–H and O–H groups in total. The molecule has 1 amide bonds. The molecular weight excluding hydrogens is 272 g/mol. The Hall–Kier alpha value is -1.37.